The lowest BCUT2D eigenvalue weighted by molar-refractivity contribution is 0.268. The fourth-order valence-corrected chi connectivity index (χ4v) is 1.19. The van der Waals surface area contributed by atoms with E-state index in [-0.39, 0.29) is 0 Å². The number of allylic oxidation sites excluding steroid dienone is 1. The summed E-state index contributed by atoms with van der Waals surface area (Å²) in [5.41, 5.74) is 4.55. The number of aryl methyl sites for hydroxylation is 2. The Balaban J connectivity index is 2.86. The van der Waals surface area contributed by atoms with E-state index in [1.807, 2.05) is 13.8 Å². The molecule has 0 fully saturated rings. The van der Waals surface area contributed by atoms with Gasteiger partial charge in [0, 0.05) is 0 Å². The SMILES string of the molecule is CC=CON=C(C)c1ccc(C)c(C)c1. The van der Waals surface area contributed by atoms with Crippen LogP contribution in [-0.4, -0.2) is 5.71 Å². The molecule has 1 rings (SSSR count). The first kappa shape index (κ1) is 11.5. The van der Waals surface area contributed by atoms with Crippen molar-refractivity contribution in [3.05, 3.63) is 47.2 Å². The van der Waals surface area contributed by atoms with Gasteiger partial charge in [-0.2, -0.15) is 0 Å². The predicted molar refractivity (Wildman–Crippen MR) is 64.0 cm³/mol. The number of benzene rings is 1. The van der Waals surface area contributed by atoms with Gasteiger partial charge in [0.1, 0.15) is 6.26 Å². The van der Waals surface area contributed by atoms with Gasteiger partial charge in [-0.1, -0.05) is 17.3 Å². The second-order valence-electron chi connectivity index (χ2n) is 3.55. The molecule has 0 unspecified atom stereocenters. The van der Waals surface area contributed by atoms with Crippen LogP contribution >= 0.6 is 0 Å². The highest BCUT2D eigenvalue weighted by molar-refractivity contribution is 5.98. The zero-order chi connectivity index (χ0) is 11.3. The zero-order valence-corrected chi connectivity index (χ0v) is 9.74. The maximum atomic E-state index is 4.98. The lowest BCUT2D eigenvalue weighted by atomic mass is 10.0. The summed E-state index contributed by atoms with van der Waals surface area (Å²) in [4.78, 5) is 4.98. The van der Waals surface area contributed by atoms with E-state index in [0.29, 0.717) is 0 Å². The van der Waals surface area contributed by atoms with Crippen LogP contribution in [0.2, 0.25) is 0 Å². The Kier molecular flexibility index (Phi) is 4.10. The summed E-state index contributed by atoms with van der Waals surface area (Å²) in [5.74, 6) is 0. The van der Waals surface area contributed by atoms with Crippen molar-refractivity contribution in [3.63, 3.8) is 0 Å². The van der Waals surface area contributed by atoms with Crippen molar-refractivity contribution < 1.29 is 4.84 Å². The van der Waals surface area contributed by atoms with E-state index in [0.717, 1.165) is 11.3 Å². The monoisotopic (exact) mass is 203 g/mol. The normalized spacial score (nSPS) is 12.1. The Bertz CT molecular complexity index is 392. The maximum absolute atomic E-state index is 4.98. The van der Waals surface area contributed by atoms with Crippen molar-refractivity contribution in [3.8, 4) is 0 Å². The van der Waals surface area contributed by atoms with Gasteiger partial charge >= 0.3 is 0 Å². The van der Waals surface area contributed by atoms with Crippen molar-refractivity contribution in [2.75, 3.05) is 0 Å². The van der Waals surface area contributed by atoms with E-state index >= 15 is 0 Å². The molecule has 0 spiro atoms. The molecular formula is C13H17NO. The fourth-order valence-electron chi connectivity index (χ4n) is 1.19. The van der Waals surface area contributed by atoms with Crippen LogP contribution in [0.15, 0.2) is 35.7 Å². The van der Waals surface area contributed by atoms with E-state index < -0.39 is 0 Å². The molecule has 15 heavy (non-hydrogen) atoms. The van der Waals surface area contributed by atoms with Gasteiger partial charge in [-0.3, -0.25) is 0 Å². The highest BCUT2D eigenvalue weighted by Crippen LogP contribution is 2.10. The van der Waals surface area contributed by atoms with Crippen molar-refractivity contribution >= 4 is 5.71 Å². The van der Waals surface area contributed by atoms with E-state index in [1.54, 1.807) is 12.3 Å². The third-order valence-corrected chi connectivity index (χ3v) is 2.31. The number of hydrogen-bond acceptors (Lipinski definition) is 2. The van der Waals surface area contributed by atoms with E-state index in [2.05, 4.69) is 37.2 Å². The summed E-state index contributed by atoms with van der Waals surface area (Å²) in [6, 6.07) is 6.27. The van der Waals surface area contributed by atoms with Crippen molar-refractivity contribution in [1.82, 2.24) is 0 Å². The third-order valence-electron chi connectivity index (χ3n) is 2.31. The van der Waals surface area contributed by atoms with E-state index in [9.17, 15) is 0 Å². The van der Waals surface area contributed by atoms with Gasteiger partial charge in [0.25, 0.3) is 0 Å². The fraction of sp³-hybridized carbons (Fsp3) is 0.308. The molecule has 0 aromatic heterocycles. The van der Waals surface area contributed by atoms with Crippen LogP contribution in [0.4, 0.5) is 0 Å². The Morgan fingerprint density at radius 2 is 2.00 bits per heavy atom. The average Bonchev–Trinajstić information content (AvgIpc) is 2.22. The summed E-state index contributed by atoms with van der Waals surface area (Å²) in [6.07, 6.45) is 3.36. The van der Waals surface area contributed by atoms with E-state index in [4.69, 9.17) is 4.84 Å². The molecule has 0 aliphatic rings. The minimum Gasteiger partial charge on any atom is -0.365 e. The molecular weight excluding hydrogens is 186 g/mol. The Labute approximate surface area is 91.3 Å². The molecule has 0 saturated carbocycles. The van der Waals surface area contributed by atoms with Gasteiger partial charge in [-0.05, 0) is 56.5 Å². The van der Waals surface area contributed by atoms with Crippen LogP contribution in [0.5, 0.6) is 0 Å². The van der Waals surface area contributed by atoms with Crippen LogP contribution in [-0.2, 0) is 4.84 Å². The molecule has 0 bridgehead atoms. The standard InChI is InChI=1S/C13H17NO/c1-5-8-15-14-12(4)13-7-6-10(2)11(3)9-13/h5-9H,1-4H3. The second kappa shape index (κ2) is 5.35. The highest BCUT2D eigenvalue weighted by Gasteiger charge is 1.99. The van der Waals surface area contributed by atoms with Gasteiger partial charge in [-0.25, -0.2) is 0 Å². The predicted octanol–water partition coefficient (Wildman–Crippen LogP) is 3.58. The molecule has 2 nitrogen and oxygen atoms in total. The van der Waals surface area contributed by atoms with Crippen LogP contribution in [0.1, 0.15) is 30.5 Å². The van der Waals surface area contributed by atoms with Crippen LogP contribution in [0, 0.1) is 13.8 Å². The minimum absolute atomic E-state index is 0.885. The molecule has 80 valence electrons. The second-order valence-corrected chi connectivity index (χ2v) is 3.55. The van der Waals surface area contributed by atoms with Gasteiger partial charge in [0.15, 0.2) is 0 Å². The summed E-state index contributed by atoms with van der Waals surface area (Å²) in [7, 11) is 0. The summed E-state index contributed by atoms with van der Waals surface area (Å²) >= 11 is 0. The minimum atomic E-state index is 0.885. The molecule has 0 aliphatic carbocycles. The first-order valence-corrected chi connectivity index (χ1v) is 5.04. The van der Waals surface area contributed by atoms with Gasteiger partial charge in [0.05, 0.1) is 5.71 Å². The van der Waals surface area contributed by atoms with Gasteiger partial charge < -0.3 is 4.84 Å². The molecule has 0 saturated heterocycles. The quantitative estimate of drug-likeness (QED) is 0.418. The molecule has 0 amide bonds. The van der Waals surface area contributed by atoms with Crippen molar-refractivity contribution in [2.24, 2.45) is 5.16 Å². The topological polar surface area (TPSA) is 21.6 Å². The number of hydrogen-bond donors (Lipinski definition) is 0. The smallest absolute Gasteiger partial charge is 0.117 e. The lowest BCUT2D eigenvalue weighted by Gasteiger charge is -2.03. The Hall–Kier alpha value is -1.57. The van der Waals surface area contributed by atoms with E-state index in [1.165, 1.54) is 11.1 Å². The Morgan fingerprint density at radius 3 is 2.60 bits per heavy atom. The van der Waals surface area contributed by atoms with Gasteiger partial charge in [0.2, 0.25) is 0 Å². The third kappa shape index (κ3) is 3.24. The Morgan fingerprint density at radius 1 is 1.27 bits per heavy atom. The first-order valence-electron chi connectivity index (χ1n) is 5.04. The van der Waals surface area contributed by atoms with Crippen LogP contribution < -0.4 is 0 Å². The molecule has 0 radical (unpaired) electrons. The largest absolute Gasteiger partial charge is 0.365 e. The molecule has 2 heteroatoms. The van der Waals surface area contributed by atoms with Crippen molar-refractivity contribution in [1.29, 1.82) is 0 Å². The maximum Gasteiger partial charge on any atom is 0.117 e. The molecule has 0 N–H and O–H groups in total. The molecule has 0 heterocycles. The molecule has 0 aliphatic heterocycles. The molecule has 1 aromatic rings. The summed E-state index contributed by atoms with van der Waals surface area (Å²) < 4.78 is 0. The van der Waals surface area contributed by atoms with Crippen LogP contribution in [0.3, 0.4) is 0 Å². The number of oxime groups is 1. The highest BCUT2D eigenvalue weighted by atomic mass is 16.6. The number of nitrogens with zero attached hydrogens (tertiary/aromatic N) is 1. The first-order chi connectivity index (χ1) is 7.15. The van der Waals surface area contributed by atoms with Crippen LogP contribution in [0.25, 0.3) is 0 Å². The molecule has 1 aromatic carbocycles. The average molecular weight is 203 g/mol. The lowest BCUT2D eigenvalue weighted by Crippen LogP contribution is -1.96. The zero-order valence-electron chi connectivity index (χ0n) is 9.74. The molecule has 0 atom stereocenters. The summed E-state index contributed by atoms with van der Waals surface area (Å²) in [6.45, 7) is 8.02. The van der Waals surface area contributed by atoms with Gasteiger partial charge in [-0.15, -0.1) is 0 Å². The number of rotatable bonds is 3. The van der Waals surface area contributed by atoms with Crippen molar-refractivity contribution in [2.45, 2.75) is 27.7 Å². The summed E-state index contributed by atoms with van der Waals surface area (Å²) in [5, 5.41) is 3.98.